The molecule has 0 aliphatic carbocycles. The van der Waals surface area contributed by atoms with Crippen molar-refractivity contribution < 1.29 is 9.53 Å². The summed E-state index contributed by atoms with van der Waals surface area (Å²) in [4.78, 5) is 18.7. The van der Waals surface area contributed by atoms with Crippen LogP contribution in [-0.2, 0) is 4.74 Å². The number of amides is 2. The number of rotatable bonds is 6. The highest BCUT2D eigenvalue weighted by atomic mass is 16.5. The molecule has 0 spiro atoms. The fraction of sp³-hybridized carbons (Fsp3) is 0.562. The van der Waals surface area contributed by atoms with Crippen LogP contribution in [0.15, 0.2) is 24.3 Å². The van der Waals surface area contributed by atoms with Crippen LogP contribution < -0.4 is 15.1 Å². The van der Waals surface area contributed by atoms with Gasteiger partial charge in [-0.2, -0.15) is 0 Å². The van der Waals surface area contributed by atoms with Crippen LogP contribution >= 0.6 is 0 Å². The Hall–Kier alpha value is -1.79. The molecule has 6 nitrogen and oxygen atoms in total. The van der Waals surface area contributed by atoms with Crippen molar-refractivity contribution >= 4 is 17.4 Å². The number of benzene rings is 1. The zero-order valence-electron chi connectivity index (χ0n) is 13.7. The second kappa shape index (κ2) is 8.00. The number of anilines is 2. The van der Waals surface area contributed by atoms with Gasteiger partial charge in [0.1, 0.15) is 0 Å². The van der Waals surface area contributed by atoms with Crippen molar-refractivity contribution in [2.24, 2.45) is 0 Å². The number of likely N-dealkylation sites (N-methyl/N-ethyl adjacent to an activating group) is 1. The van der Waals surface area contributed by atoms with E-state index >= 15 is 0 Å². The van der Waals surface area contributed by atoms with Gasteiger partial charge in [-0.25, -0.2) is 4.79 Å². The van der Waals surface area contributed by atoms with Crippen molar-refractivity contribution in [1.29, 1.82) is 0 Å². The van der Waals surface area contributed by atoms with Crippen molar-refractivity contribution in [3.8, 4) is 0 Å². The van der Waals surface area contributed by atoms with Gasteiger partial charge < -0.3 is 19.9 Å². The van der Waals surface area contributed by atoms with E-state index in [1.165, 1.54) is 0 Å². The minimum Gasteiger partial charge on any atom is -0.383 e. The van der Waals surface area contributed by atoms with Gasteiger partial charge in [-0.15, -0.1) is 0 Å². The van der Waals surface area contributed by atoms with E-state index in [9.17, 15) is 4.79 Å². The Labute approximate surface area is 132 Å². The maximum Gasteiger partial charge on any atom is 0.322 e. The molecule has 2 rings (SSSR count). The molecule has 0 bridgehead atoms. The minimum absolute atomic E-state index is 0.0586. The van der Waals surface area contributed by atoms with Gasteiger partial charge in [-0.3, -0.25) is 4.90 Å². The molecule has 0 radical (unpaired) electrons. The highest BCUT2D eigenvalue weighted by molar-refractivity contribution is 5.96. The van der Waals surface area contributed by atoms with Gasteiger partial charge in [0.25, 0.3) is 0 Å². The smallest absolute Gasteiger partial charge is 0.322 e. The number of urea groups is 1. The summed E-state index contributed by atoms with van der Waals surface area (Å²) in [6.07, 6.45) is 0. The normalized spacial score (nSPS) is 14.2. The molecule has 1 N–H and O–H groups in total. The van der Waals surface area contributed by atoms with Gasteiger partial charge in [0, 0.05) is 39.8 Å². The number of fused-ring (bicyclic) bond motifs is 1. The highest BCUT2D eigenvalue weighted by Crippen LogP contribution is 2.32. The third-order valence-electron chi connectivity index (χ3n) is 3.75. The van der Waals surface area contributed by atoms with Crippen LogP contribution in [0, 0.1) is 0 Å². The number of nitrogens with one attached hydrogen (secondary N) is 1. The standard InChI is InChI=1S/C16H26N4O2/c1-18(2)9-10-19-11-12-20(16(21)17-8-13-22-3)15-7-5-4-6-14(15)19/h4-7H,8-13H2,1-3H3,(H,17,21). The van der Waals surface area contributed by atoms with Gasteiger partial charge in [-0.1, -0.05) is 12.1 Å². The van der Waals surface area contributed by atoms with Crippen molar-refractivity contribution in [2.75, 3.05) is 70.3 Å². The molecule has 1 aliphatic rings. The summed E-state index contributed by atoms with van der Waals surface area (Å²) >= 11 is 0. The lowest BCUT2D eigenvalue weighted by Gasteiger charge is -2.38. The van der Waals surface area contributed by atoms with Crippen LogP contribution in [-0.4, -0.2) is 71.5 Å². The predicted molar refractivity (Wildman–Crippen MR) is 89.8 cm³/mol. The van der Waals surface area contributed by atoms with Gasteiger partial charge in [0.15, 0.2) is 0 Å². The van der Waals surface area contributed by atoms with Crippen molar-refractivity contribution in [2.45, 2.75) is 0 Å². The second-order valence-corrected chi connectivity index (χ2v) is 5.66. The molecule has 0 atom stereocenters. The lowest BCUT2D eigenvalue weighted by molar-refractivity contribution is 0.197. The predicted octanol–water partition coefficient (Wildman–Crippen LogP) is 1.23. The molecule has 6 heteroatoms. The fourth-order valence-corrected chi connectivity index (χ4v) is 2.54. The molecule has 0 saturated carbocycles. The maximum absolute atomic E-state index is 12.3. The molecule has 1 aromatic rings. The van der Waals surface area contributed by atoms with E-state index in [0.717, 1.165) is 31.0 Å². The lowest BCUT2D eigenvalue weighted by atomic mass is 10.1. The number of nitrogens with zero attached hydrogens (tertiary/aromatic N) is 3. The van der Waals surface area contributed by atoms with Gasteiger partial charge in [-0.05, 0) is 26.2 Å². The minimum atomic E-state index is -0.0586. The lowest BCUT2D eigenvalue weighted by Crippen LogP contribution is -2.49. The average molecular weight is 306 g/mol. The van der Waals surface area contributed by atoms with Gasteiger partial charge in [0.2, 0.25) is 0 Å². The van der Waals surface area contributed by atoms with E-state index in [1.54, 1.807) is 7.11 Å². The second-order valence-electron chi connectivity index (χ2n) is 5.66. The molecule has 1 aromatic carbocycles. The van der Waals surface area contributed by atoms with Crippen molar-refractivity contribution in [3.63, 3.8) is 0 Å². The summed E-state index contributed by atoms with van der Waals surface area (Å²) in [6.45, 7) is 4.55. The quantitative estimate of drug-likeness (QED) is 0.803. The van der Waals surface area contributed by atoms with E-state index in [4.69, 9.17) is 4.74 Å². The SMILES string of the molecule is COCCNC(=O)N1CCN(CCN(C)C)c2ccccc21. The molecule has 1 heterocycles. The maximum atomic E-state index is 12.3. The van der Waals surface area contributed by atoms with E-state index in [0.29, 0.717) is 19.7 Å². The first-order valence-electron chi connectivity index (χ1n) is 7.66. The summed E-state index contributed by atoms with van der Waals surface area (Å²) in [7, 11) is 5.78. The summed E-state index contributed by atoms with van der Waals surface area (Å²) in [5.74, 6) is 0. The van der Waals surface area contributed by atoms with Crippen LogP contribution in [0.1, 0.15) is 0 Å². The van der Waals surface area contributed by atoms with E-state index in [-0.39, 0.29) is 6.03 Å². The molecule has 22 heavy (non-hydrogen) atoms. The number of carbonyl (C=O) groups is 1. The molecule has 122 valence electrons. The van der Waals surface area contributed by atoms with Crippen molar-refractivity contribution in [3.05, 3.63) is 24.3 Å². The van der Waals surface area contributed by atoms with Crippen LogP contribution in [0.25, 0.3) is 0 Å². The summed E-state index contributed by atoms with van der Waals surface area (Å²) in [5, 5.41) is 2.89. The number of ether oxygens (including phenoxy) is 1. The molecule has 1 aliphatic heterocycles. The Morgan fingerprint density at radius 1 is 1.27 bits per heavy atom. The Morgan fingerprint density at radius 2 is 2.00 bits per heavy atom. The molecule has 0 aromatic heterocycles. The Bertz CT molecular complexity index is 493. The Kier molecular flexibility index (Phi) is 6.03. The monoisotopic (exact) mass is 306 g/mol. The molecular formula is C16H26N4O2. The first-order valence-corrected chi connectivity index (χ1v) is 7.66. The van der Waals surface area contributed by atoms with Crippen LogP contribution in [0.3, 0.4) is 0 Å². The molecular weight excluding hydrogens is 280 g/mol. The highest BCUT2D eigenvalue weighted by Gasteiger charge is 2.26. The summed E-state index contributed by atoms with van der Waals surface area (Å²) < 4.78 is 4.97. The molecule has 0 fully saturated rings. The third kappa shape index (κ3) is 4.11. The van der Waals surface area contributed by atoms with Gasteiger partial charge >= 0.3 is 6.03 Å². The molecule has 0 saturated heterocycles. The number of carbonyl (C=O) groups excluding carboxylic acids is 1. The molecule has 2 amide bonds. The van der Waals surface area contributed by atoms with Crippen LogP contribution in [0.5, 0.6) is 0 Å². The Morgan fingerprint density at radius 3 is 2.68 bits per heavy atom. The fourth-order valence-electron chi connectivity index (χ4n) is 2.54. The number of hydrogen-bond acceptors (Lipinski definition) is 4. The number of hydrogen-bond donors (Lipinski definition) is 1. The number of para-hydroxylation sites is 2. The van der Waals surface area contributed by atoms with Crippen molar-refractivity contribution in [1.82, 2.24) is 10.2 Å². The largest absolute Gasteiger partial charge is 0.383 e. The number of methoxy groups -OCH3 is 1. The van der Waals surface area contributed by atoms with E-state index in [1.807, 2.05) is 23.1 Å². The van der Waals surface area contributed by atoms with Gasteiger partial charge in [0.05, 0.1) is 18.0 Å². The third-order valence-corrected chi connectivity index (χ3v) is 3.75. The van der Waals surface area contributed by atoms with E-state index < -0.39 is 0 Å². The average Bonchev–Trinajstić information content (AvgIpc) is 2.52. The Balaban J connectivity index is 2.08. The van der Waals surface area contributed by atoms with Crippen LogP contribution in [0.2, 0.25) is 0 Å². The zero-order chi connectivity index (χ0) is 15.9. The summed E-state index contributed by atoms with van der Waals surface area (Å²) in [5.41, 5.74) is 2.10. The topological polar surface area (TPSA) is 48.1 Å². The first-order chi connectivity index (χ1) is 10.6. The molecule has 0 unspecified atom stereocenters. The zero-order valence-corrected chi connectivity index (χ0v) is 13.7. The first kappa shape index (κ1) is 16.6. The van der Waals surface area contributed by atoms with Crippen LogP contribution in [0.4, 0.5) is 16.2 Å². The summed E-state index contributed by atoms with van der Waals surface area (Å²) in [6, 6.07) is 8.03. The van der Waals surface area contributed by atoms with E-state index in [2.05, 4.69) is 35.3 Å².